The van der Waals surface area contributed by atoms with Crippen LogP contribution in [-0.2, 0) is 6.54 Å². The van der Waals surface area contributed by atoms with Gasteiger partial charge in [-0.25, -0.2) is 0 Å². The number of rotatable bonds is 3. The maximum Gasteiger partial charge on any atom is 0.0409 e. The Hall–Kier alpha value is -0.790. The minimum Gasteiger partial charge on any atom is -0.306 e. The predicted molar refractivity (Wildman–Crippen MR) is 74.3 cm³/mol. The van der Waals surface area contributed by atoms with Crippen LogP contribution in [0.4, 0.5) is 0 Å². The summed E-state index contributed by atoms with van der Waals surface area (Å²) in [5.74, 6) is 0. The van der Waals surface area contributed by atoms with E-state index in [2.05, 4.69) is 23.5 Å². The molecule has 1 aromatic carbocycles. The van der Waals surface area contributed by atoms with Crippen LogP contribution in [0.25, 0.3) is 0 Å². The average Bonchev–Trinajstić information content (AvgIpc) is 2.27. The Morgan fingerprint density at radius 2 is 2.18 bits per heavy atom. The highest BCUT2D eigenvalue weighted by Crippen LogP contribution is 2.14. The van der Waals surface area contributed by atoms with Crippen molar-refractivity contribution in [1.82, 2.24) is 5.32 Å². The molecule has 17 heavy (non-hydrogen) atoms. The number of allylic oxidation sites excluding steroid dienone is 1. The molecule has 0 fully saturated rings. The topological polar surface area (TPSA) is 12.0 Å². The van der Waals surface area contributed by atoms with Crippen LogP contribution in [-0.4, -0.2) is 6.04 Å². The molecule has 0 aliphatic heterocycles. The molecule has 0 spiro atoms. The minimum absolute atomic E-state index is 0.522. The van der Waals surface area contributed by atoms with Crippen LogP contribution in [0.5, 0.6) is 0 Å². The van der Waals surface area contributed by atoms with Gasteiger partial charge in [0, 0.05) is 17.6 Å². The molecule has 0 heterocycles. The van der Waals surface area contributed by atoms with E-state index in [1.165, 1.54) is 37.7 Å². The quantitative estimate of drug-likeness (QED) is 0.787. The summed E-state index contributed by atoms with van der Waals surface area (Å²) >= 11 is 5.97. The van der Waals surface area contributed by atoms with Crippen molar-refractivity contribution >= 4 is 11.6 Å². The summed E-state index contributed by atoms with van der Waals surface area (Å²) in [6.45, 7) is 0.898. The molecule has 2 rings (SSSR count). The maximum atomic E-state index is 5.97. The molecule has 1 aromatic rings. The number of nitrogens with one attached hydrogen (secondary N) is 1. The van der Waals surface area contributed by atoms with Crippen LogP contribution < -0.4 is 5.32 Å². The highest BCUT2D eigenvalue weighted by atomic mass is 35.5. The molecule has 1 nitrogen and oxygen atoms in total. The van der Waals surface area contributed by atoms with E-state index < -0.39 is 0 Å². The second kappa shape index (κ2) is 6.83. The Kier molecular flexibility index (Phi) is 5.08. The molecule has 1 N–H and O–H groups in total. The molecule has 1 aliphatic carbocycles. The van der Waals surface area contributed by atoms with Crippen molar-refractivity contribution in [1.29, 1.82) is 0 Å². The summed E-state index contributed by atoms with van der Waals surface area (Å²) < 4.78 is 0. The zero-order chi connectivity index (χ0) is 11.9. The van der Waals surface area contributed by atoms with E-state index in [0.29, 0.717) is 6.04 Å². The van der Waals surface area contributed by atoms with Gasteiger partial charge < -0.3 is 5.32 Å². The molecule has 0 radical (unpaired) electrons. The second-order valence-corrected chi connectivity index (χ2v) is 5.12. The molecule has 0 saturated carbocycles. The third-order valence-electron chi connectivity index (χ3n) is 3.21. The standard InChI is InChI=1S/C15H20ClN/c16-14-8-6-7-13(11-14)12-17-15-9-4-2-1-3-5-10-15/h4,6-9,11,15,17H,1-3,5,10,12H2/b9-4+. The Labute approximate surface area is 109 Å². The van der Waals surface area contributed by atoms with Gasteiger partial charge in [-0.2, -0.15) is 0 Å². The van der Waals surface area contributed by atoms with Crippen LogP contribution in [0.1, 0.15) is 37.7 Å². The molecule has 1 unspecified atom stereocenters. The van der Waals surface area contributed by atoms with Crippen molar-refractivity contribution < 1.29 is 0 Å². The first kappa shape index (κ1) is 12.7. The molecular formula is C15H20ClN. The van der Waals surface area contributed by atoms with E-state index in [-0.39, 0.29) is 0 Å². The number of benzene rings is 1. The smallest absolute Gasteiger partial charge is 0.0409 e. The molecule has 1 aliphatic rings. The van der Waals surface area contributed by atoms with Gasteiger partial charge in [0.1, 0.15) is 0 Å². The fourth-order valence-corrected chi connectivity index (χ4v) is 2.44. The minimum atomic E-state index is 0.522. The van der Waals surface area contributed by atoms with Crippen LogP contribution in [0.15, 0.2) is 36.4 Å². The van der Waals surface area contributed by atoms with E-state index in [9.17, 15) is 0 Å². The number of hydrogen-bond donors (Lipinski definition) is 1. The molecule has 0 amide bonds. The summed E-state index contributed by atoms with van der Waals surface area (Å²) in [5.41, 5.74) is 1.26. The maximum absolute atomic E-state index is 5.97. The van der Waals surface area contributed by atoms with Gasteiger partial charge in [0.25, 0.3) is 0 Å². The molecule has 1 atom stereocenters. The Morgan fingerprint density at radius 1 is 1.24 bits per heavy atom. The largest absolute Gasteiger partial charge is 0.306 e. The summed E-state index contributed by atoms with van der Waals surface area (Å²) in [6.07, 6.45) is 11.2. The predicted octanol–water partition coefficient (Wildman–Crippen LogP) is 4.32. The molecule has 0 saturated heterocycles. The summed E-state index contributed by atoms with van der Waals surface area (Å²) in [5, 5.41) is 4.40. The van der Waals surface area contributed by atoms with Crippen molar-refractivity contribution in [2.75, 3.05) is 0 Å². The second-order valence-electron chi connectivity index (χ2n) is 4.68. The molecule has 92 valence electrons. The third-order valence-corrected chi connectivity index (χ3v) is 3.45. The lowest BCUT2D eigenvalue weighted by atomic mass is 10.0. The lowest BCUT2D eigenvalue weighted by molar-refractivity contribution is 0.508. The van der Waals surface area contributed by atoms with E-state index in [4.69, 9.17) is 11.6 Å². The summed E-state index contributed by atoms with van der Waals surface area (Å²) in [6, 6.07) is 8.59. The van der Waals surface area contributed by atoms with Gasteiger partial charge in [-0.1, -0.05) is 48.7 Å². The first-order valence-electron chi connectivity index (χ1n) is 6.49. The monoisotopic (exact) mass is 249 g/mol. The van der Waals surface area contributed by atoms with E-state index in [1.807, 2.05) is 18.2 Å². The normalized spacial score (nSPS) is 22.8. The molecule has 0 bridgehead atoms. The lowest BCUT2D eigenvalue weighted by Crippen LogP contribution is -2.27. The van der Waals surface area contributed by atoms with Crippen LogP contribution >= 0.6 is 11.6 Å². The first-order chi connectivity index (χ1) is 8.34. The highest BCUT2D eigenvalue weighted by molar-refractivity contribution is 6.30. The summed E-state index contributed by atoms with van der Waals surface area (Å²) in [4.78, 5) is 0. The fraction of sp³-hybridized carbons (Fsp3) is 0.467. The number of halogens is 1. The Balaban J connectivity index is 1.86. The van der Waals surface area contributed by atoms with Gasteiger partial charge in [0.2, 0.25) is 0 Å². The summed E-state index contributed by atoms with van der Waals surface area (Å²) in [7, 11) is 0. The third kappa shape index (κ3) is 4.53. The van der Waals surface area contributed by atoms with Crippen molar-refractivity contribution in [2.45, 2.75) is 44.7 Å². The van der Waals surface area contributed by atoms with Gasteiger partial charge in [0.05, 0.1) is 0 Å². The average molecular weight is 250 g/mol. The van der Waals surface area contributed by atoms with E-state index >= 15 is 0 Å². The number of hydrogen-bond acceptors (Lipinski definition) is 1. The molecular weight excluding hydrogens is 230 g/mol. The zero-order valence-electron chi connectivity index (χ0n) is 10.2. The molecule has 2 heteroatoms. The van der Waals surface area contributed by atoms with Crippen molar-refractivity contribution in [3.63, 3.8) is 0 Å². The highest BCUT2D eigenvalue weighted by Gasteiger charge is 2.06. The fourth-order valence-electron chi connectivity index (χ4n) is 2.23. The van der Waals surface area contributed by atoms with Gasteiger partial charge in [-0.15, -0.1) is 0 Å². The van der Waals surface area contributed by atoms with Crippen LogP contribution in [0, 0.1) is 0 Å². The van der Waals surface area contributed by atoms with Gasteiger partial charge in [-0.3, -0.25) is 0 Å². The van der Waals surface area contributed by atoms with E-state index in [0.717, 1.165) is 11.6 Å². The Morgan fingerprint density at radius 3 is 3.06 bits per heavy atom. The van der Waals surface area contributed by atoms with Crippen LogP contribution in [0.2, 0.25) is 5.02 Å². The zero-order valence-corrected chi connectivity index (χ0v) is 10.9. The SMILES string of the molecule is Clc1cccc(CNC2/C=C/CCCCC2)c1. The molecule has 0 aromatic heterocycles. The van der Waals surface area contributed by atoms with Crippen molar-refractivity contribution in [2.24, 2.45) is 0 Å². The first-order valence-corrected chi connectivity index (χ1v) is 6.87. The Bertz CT molecular complexity index is 373. The van der Waals surface area contributed by atoms with Crippen molar-refractivity contribution in [3.05, 3.63) is 47.0 Å². The van der Waals surface area contributed by atoms with Gasteiger partial charge in [-0.05, 0) is 37.0 Å². The lowest BCUT2D eigenvalue weighted by Gasteiger charge is -2.17. The van der Waals surface area contributed by atoms with Gasteiger partial charge >= 0.3 is 0 Å². The van der Waals surface area contributed by atoms with Crippen molar-refractivity contribution in [3.8, 4) is 0 Å². The van der Waals surface area contributed by atoms with E-state index in [1.54, 1.807) is 0 Å². The van der Waals surface area contributed by atoms with Crippen LogP contribution in [0.3, 0.4) is 0 Å². The van der Waals surface area contributed by atoms with Gasteiger partial charge in [0.15, 0.2) is 0 Å².